The average Bonchev–Trinajstić information content (AvgIpc) is 2.60. The first-order valence-electron chi connectivity index (χ1n) is 7.65. The molecule has 2 nitrogen and oxygen atoms in total. The van der Waals surface area contributed by atoms with Crippen LogP contribution in [0.25, 0.3) is 0 Å². The Labute approximate surface area is 137 Å². The first-order chi connectivity index (χ1) is 9.75. The van der Waals surface area contributed by atoms with Crippen LogP contribution in [0.3, 0.4) is 0 Å². The Morgan fingerprint density at radius 2 is 1.71 bits per heavy atom. The lowest BCUT2D eigenvalue weighted by Gasteiger charge is -2.46. The molecule has 1 aliphatic heterocycles. The third-order valence-corrected chi connectivity index (χ3v) is 6.25. The molecule has 3 rings (SSSR count). The highest BCUT2D eigenvalue weighted by Gasteiger charge is 2.55. The van der Waals surface area contributed by atoms with Gasteiger partial charge < -0.3 is 10.0 Å². The second-order valence-electron chi connectivity index (χ2n) is 7.33. The van der Waals surface area contributed by atoms with Crippen molar-refractivity contribution in [2.24, 2.45) is 11.3 Å². The van der Waals surface area contributed by atoms with E-state index in [0.717, 1.165) is 43.5 Å². The smallest absolute Gasteiger partial charge is 0.0982 e. The number of hydrogen-bond donors (Lipinski definition) is 1. The van der Waals surface area contributed by atoms with Gasteiger partial charge in [0.2, 0.25) is 0 Å². The zero-order chi connectivity index (χ0) is 15.4. The Morgan fingerprint density at radius 3 is 2.33 bits per heavy atom. The summed E-state index contributed by atoms with van der Waals surface area (Å²) in [7, 11) is 2.14. The maximum Gasteiger partial charge on any atom is 0.0982 e. The molecular weight excluding hydrogens is 305 g/mol. The van der Waals surface area contributed by atoms with Crippen LogP contribution in [0.15, 0.2) is 12.1 Å². The summed E-state index contributed by atoms with van der Waals surface area (Å²) >= 11 is 12.4. The van der Waals surface area contributed by atoms with E-state index in [4.69, 9.17) is 23.2 Å². The fraction of sp³-hybridized carbons (Fsp3) is 0.647. The molecule has 21 heavy (non-hydrogen) atoms. The predicted molar refractivity (Wildman–Crippen MR) is 88.1 cm³/mol. The molecule has 4 heteroatoms. The summed E-state index contributed by atoms with van der Waals surface area (Å²) in [6.45, 7) is 6.40. The quantitative estimate of drug-likeness (QED) is 0.839. The van der Waals surface area contributed by atoms with Crippen LogP contribution < -0.4 is 0 Å². The van der Waals surface area contributed by atoms with Gasteiger partial charge in [0, 0.05) is 5.41 Å². The van der Waals surface area contributed by atoms with E-state index < -0.39 is 5.60 Å². The molecule has 1 fully saturated rings. The molecule has 0 aromatic heterocycles. The van der Waals surface area contributed by atoms with E-state index in [9.17, 15) is 5.11 Å². The molecule has 2 aliphatic rings. The maximum absolute atomic E-state index is 11.7. The molecule has 0 saturated carbocycles. The summed E-state index contributed by atoms with van der Waals surface area (Å²) in [6, 6.07) is 3.83. The number of halogens is 2. The summed E-state index contributed by atoms with van der Waals surface area (Å²) in [5, 5.41) is 12.8. The molecule has 1 unspecified atom stereocenters. The van der Waals surface area contributed by atoms with Crippen molar-refractivity contribution in [3.8, 4) is 0 Å². The van der Waals surface area contributed by atoms with Crippen molar-refractivity contribution in [2.45, 2.75) is 38.7 Å². The molecule has 1 heterocycles. The van der Waals surface area contributed by atoms with Crippen molar-refractivity contribution in [1.82, 2.24) is 4.90 Å². The summed E-state index contributed by atoms with van der Waals surface area (Å²) in [6.07, 6.45) is 2.90. The van der Waals surface area contributed by atoms with E-state index in [2.05, 4.69) is 25.8 Å². The van der Waals surface area contributed by atoms with Crippen LogP contribution in [0.4, 0.5) is 0 Å². The van der Waals surface area contributed by atoms with Crippen molar-refractivity contribution in [1.29, 1.82) is 0 Å². The average molecular weight is 328 g/mol. The van der Waals surface area contributed by atoms with Gasteiger partial charge in [0.25, 0.3) is 0 Å². The van der Waals surface area contributed by atoms with Crippen LogP contribution in [-0.4, -0.2) is 30.1 Å². The zero-order valence-corrected chi connectivity index (χ0v) is 14.4. The summed E-state index contributed by atoms with van der Waals surface area (Å²) in [5.41, 5.74) is 1.15. The fourth-order valence-electron chi connectivity index (χ4n) is 4.26. The molecule has 0 spiro atoms. The van der Waals surface area contributed by atoms with Crippen molar-refractivity contribution in [3.63, 3.8) is 0 Å². The second-order valence-corrected chi connectivity index (χ2v) is 8.14. The third-order valence-electron chi connectivity index (χ3n) is 5.53. The number of nitrogens with zero attached hydrogens (tertiary/aromatic N) is 1. The SMILES string of the molecule is CN1CCC(C2(O)c3cc(Cl)c(Cl)cc3CC2(C)C)CC1. The van der Waals surface area contributed by atoms with Crippen molar-refractivity contribution in [3.05, 3.63) is 33.3 Å². The number of likely N-dealkylation sites (tertiary alicyclic amines) is 1. The molecule has 1 saturated heterocycles. The monoisotopic (exact) mass is 327 g/mol. The van der Waals surface area contributed by atoms with Gasteiger partial charge in [-0.05, 0) is 68.6 Å². The molecule has 0 amide bonds. The van der Waals surface area contributed by atoms with Gasteiger partial charge in [0.15, 0.2) is 0 Å². The molecular formula is C17H23Cl2NO. The highest BCUT2D eigenvalue weighted by Crippen LogP contribution is 2.57. The van der Waals surface area contributed by atoms with E-state index >= 15 is 0 Å². The van der Waals surface area contributed by atoms with Crippen LogP contribution >= 0.6 is 23.2 Å². The lowest BCUT2D eigenvalue weighted by Crippen LogP contribution is -2.49. The van der Waals surface area contributed by atoms with Gasteiger partial charge >= 0.3 is 0 Å². The molecule has 0 bridgehead atoms. The topological polar surface area (TPSA) is 23.5 Å². The molecule has 1 atom stereocenters. The largest absolute Gasteiger partial charge is 0.384 e. The van der Waals surface area contributed by atoms with E-state index in [1.54, 1.807) is 0 Å². The van der Waals surface area contributed by atoms with E-state index in [1.807, 2.05) is 12.1 Å². The normalized spacial score (nSPS) is 29.6. The highest BCUT2D eigenvalue weighted by atomic mass is 35.5. The number of benzene rings is 1. The van der Waals surface area contributed by atoms with Gasteiger partial charge in [0.1, 0.15) is 0 Å². The summed E-state index contributed by atoms with van der Waals surface area (Å²) in [4.78, 5) is 2.33. The van der Waals surface area contributed by atoms with Gasteiger partial charge in [-0.3, -0.25) is 0 Å². The first-order valence-corrected chi connectivity index (χ1v) is 8.40. The number of piperidine rings is 1. The molecule has 116 valence electrons. The Hall–Kier alpha value is -0.280. The zero-order valence-electron chi connectivity index (χ0n) is 12.9. The van der Waals surface area contributed by atoms with Crippen LogP contribution in [-0.2, 0) is 12.0 Å². The standard InChI is InChI=1S/C17H23Cl2NO/c1-16(2)10-11-8-14(18)15(19)9-13(11)17(16,21)12-4-6-20(3)7-5-12/h8-9,12,21H,4-7,10H2,1-3H3. The van der Waals surface area contributed by atoms with Gasteiger partial charge in [0.05, 0.1) is 15.6 Å². The van der Waals surface area contributed by atoms with Crippen LogP contribution in [0.1, 0.15) is 37.8 Å². The molecule has 1 aliphatic carbocycles. The van der Waals surface area contributed by atoms with E-state index in [-0.39, 0.29) is 11.3 Å². The minimum Gasteiger partial charge on any atom is -0.384 e. The Kier molecular flexibility index (Phi) is 3.81. The van der Waals surface area contributed by atoms with Gasteiger partial charge in [-0.15, -0.1) is 0 Å². The Balaban J connectivity index is 2.06. The van der Waals surface area contributed by atoms with Gasteiger partial charge in [-0.1, -0.05) is 37.0 Å². The lowest BCUT2D eigenvalue weighted by molar-refractivity contribution is -0.121. The summed E-state index contributed by atoms with van der Waals surface area (Å²) < 4.78 is 0. The second kappa shape index (κ2) is 5.13. The Morgan fingerprint density at radius 1 is 1.14 bits per heavy atom. The number of fused-ring (bicyclic) bond motifs is 1. The van der Waals surface area contributed by atoms with Gasteiger partial charge in [-0.2, -0.15) is 0 Å². The van der Waals surface area contributed by atoms with Crippen LogP contribution in [0.2, 0.25) is 10.0 Å². The third kappa shape index (κ3) is 2.31. The Bertz CT molecular complexity index is 564. The van der Waals surface area contributed by atoms with Crippen molar-refractivity contribution < 1.29 is 5.11 Å². The number of rotatable bonds is 1. The molecule has 1 N–H and O–H groups in total. The molecule has 1 aromatic rings. The molecule has 0 radical (unpaired) electrons. The maximum atomic E-state index is 11.7. The number of hydrogen-bond acceptors (Lipinski definition) is 2. The minimum absolute atomic E-state index is 0.191. The van der Waals surface area contributed by atoms with Crippen LogP contribution in [0, 0.1) is 11.3 Å². The predicted octanol–water partition coefficient (Wildman–Crippen LogP) is 4.11. The van der Waals surface area contributed by atoms with E-state index in [0.29, 0.717) is 10.0 Å². The minimum atomic E-state index is -0.808. The van der Waals surface area contributed by atoms with E-state index in [1.165, 1.54) is 0 Å². The van der Waals surface area contributed by atoms with Crippen molar-refractivity contribution >= 4 is 23.2 Å². The number of aliphatic hydroxyl groups is 1. The van der Waals surface area contributed by atoms with Crippen molar-refractivity contribution in [2.75, 3.05) is 20.1 Å². The van der Waals surface area contributed by atoms with Gasteiger partial charge in [-0.25, -0.2) is 0 Å². The first kappa shape index (κ1) is 15.6. The fourth-order valence-corrected chi connectivity index (χ4v) is 4.61. The lowest BCUT2D eigenvalue weighted by atomic mass is 9.65. The van der Waals surface area contributed by atoms with Crippen LogP contribution in [0.5, 0.6) is 0 Å². The molecule has 1 aromatic carbocycles. The highest BCUT2D eigenvalue weighted by molar-refractivity contribution is 6.42. The summed E-state index contributed by atoms with van der Waals surface area (Å²) in [5.74, 6) is 0.280.